The molecule has 1 aliphatic rings. The first-order valence-electron chi connectivity index (χ1n) is 7.44. The van der Waals surface area contributed by atoms with Gasteiger partial charge in [-0.2, -0.15) is 18.3 Å². The highest BCUT2D eigenvalue weighted by molar-refractivity contribution is 5.59. The summed E-state index contributed by atoms with van der Waals surface area (Å²) < 4.78 is 40.9. The second-order valence-corrected chi connectivity index (χ2v) is 5.56. The molecule has 1 aromatic carbocycles. The van der Waals surface area contributed by atoms with Crippen molar-refractivity contribution in [3.8, 4) is 5.88 Å². The number of ether oxygens (including phenoxy) is 1. The van der Waals surface area contributed by atoms with Crippen molar-refractivity contribution >= 4 is 5.69 Å². The smallest absolute Gasteiger partial charge is 0.422 e. The van der Waals surface area contributed by atoms with Gasteiger partial charge in [0.15, 0.2) is 6.61 Å². The first-order chi connectivity index (χ1) is 11.5. The summed E-state index contributed by atoms with van der Waals surface area (Å²) in [5.41, 5.74) is 2.76. The van der Waals surface area contributed by atoms with E-state index in [9.17, 15) is 18.3 Å². The second-order valence-electron chi connectivity index (χ2n) is 5.56. The highest BCUT2D eigenvalue weighted by Gasteiger charge is 2.30. The fourth-order valence-electron chi connectivity index (χ4n) is 2.74. The number of hydrogen-bond donors (Lipinski definition) is 1. The van der Waals surface area contributed by atoms with Gasteiger partial charge in [-0.3, -0.25) is 0 Å². The highest BCUT2D eigenvalue weighted by Crippen LogP contribution is 2.32. The predicted octanol–water partition coefficient (Wildman–Crippen LogP) is 2.34. The maximum atomic E-state index is 12.1. The minimum Gasteiger partial charge on any atom is -0.467 e. The van der Waals surface area contributed by atoms with Crippen LogP contribution >= 0.6 is 0 Å². The Hall–Kier alpha value is -2.35. The summed E-state index contributed by atoms with van der Waals surface area (Å²) in [5, 5.41) is 17.2. The number of anilines is 1. The Bertz CT molecular complexity index is 692. The van der Waals surface area contributed by atoms with Crippen molar-refractivity contribution < 1.29 is 23.0 Å². The van der Waals surface area contributed by atoms with Crippen molar-refractivity contribution in [2.24, 2.45) is 0 Å². The maximum absolute atomic E-state index is 12.1. The van der Waals surface area contributed by atoms with Crippen LogP contribution in [0.4, 0.5) is 18.9 Å². The van der Waals surface area contributed by atoms with Crippen LogP contribution in [-0.2, 0) is 13.0 Å². The standard InChI is InChI=1S/C16H16F3N3O2/c17-16(18,19)10-24-15-6-5-12(20-21-15)8-22-13(9-23)7-11-3-1-2-4-14(11)22/h1-6,13,23H,7-10H2. The van der Waals surface area contributed by atoms with E-state index < -0.39 is 12.8 Å². The molecule has 5 nitrogen and oxygen atoms in total. The number of nitrogens with zero attached hydrogens (tertiary/aromatic N) is 3. The van der Waals surface area contributed by atoms with Gasteiger partial charge in [-0.05, 0) is 24.1 Å². The van der Waals surface area contributed by atoms with Gasteiger partial charge in [0.05, 0.1) is 24.9 Å². The van der Waals surface area contributed by atoms with Crippen LogP contribution in [0, 0.1) is 0 Å². The number of fused-ring (bicyclic) bond motifs is 1. The van der Waals surface area contributed by atoms with Crippen molar-refractivity contribution in [1.29, 1.82) is 0 Å². The molecule has 0 fully saturated rings. The van der Waals surface area contributed by atoms with Gasteiger partial charge in [-0.15, -0.1) is 5.10 Å². The van der Waals surface area contributed by atoms with Crippen LogP contribution in [0.3, 0.4) is 0 Å². The number of benzene rings is 1. The zero-order valence-corrected chi connectivity index (χ0v) is 12.7. The number of halogens is 3. The molecule has 0 saturated carbocycles. The molecule has 0 radical (unpaired) electrons. The summed E-state index contributed by atoms with van der Waals surface area (Å²) >= 11 is 0. The Morgan fingerprint density at radius 2 is 1.96 bits per heavy atom. The molecule has 1 atom stereocenters. The molecule has 0 saturated heterocycles. The summed E-state index contributed by atoms with van der Waals surface area (Å²) in [7, 11) is 0. The molecular weight excluding hydrogens is 323 g/mol. The van der Waals surface area contributed by atoms with Crippen LogP contribution in [0.15, 0.2) is 36.4 Å². The zero-order valence-electron chi connectivity index (χ0n) is 12.7. The summed E-state index contributed by atoms with van der Waals surface area (Å²) in [6.07, 6.45) is -3.67. The molecule has 8 heteroatoms. The molecule has 1 unspecified atom stereocenters. The van der Waals surface area contributed by atoms with Crippen LogP contribution in [0.2, 0.25) is 0 Å². The van der Waals surface area contributed by atoms with Crippen LogP contribution in [-0.4, -0.2) is 40.7 Å². The first-order valence-corrected chi connectivity index (χ1v) is 7.44. The van der Waals surface area contributed by atoms with Gasteiger partial charge >= 0.3 is 6.18 Å². The van der Waals surface area contributed by atoms with E-state index in [-0.39, 0.29) is 18.5 Å². The van der Waals surface area contributed by atoms with Gasteiger partial charge in [0, 0.05) is 11.8 Å². The molecule has 1 aromatic heterocycles. The minimum absolute atomic E-state index is 0.00882. The number of hydrogen-bond acceptors (Lipinski definition) is 5. The van der Waals surface area contributed by atoms with E-state index >= 15 is 0 Å². The lowest BCUT2D eigenvalue weighted by atomic mass is 10.1. The van der Waals surface area contributed by atoms with Gasteiger partial charge < -0.3 is 14.7 Å². The van der Waals surface area contributed by atoms with Gasteiger partial charge in [0.1, 0.15) is 0 Å². The van der Waals surface area contributed by atoms with Crippen molar-refractivity contribution in [2.75, 3.05) is 18.1 Å². The zero-order chi connectivity index (χ0) is 17.2. The van der Waals surface area contributed by atoms with Crippen molar-refractivity contribution in [3.63, 3.8) is 0 Å². The molecule has 0 spiro atoms. The van der Waals surface area contributed by atoms with Crippen LogP contribution in [0.25, 0.3) is 0 Å². The van der Waals surface area contributed by atoms with E-state index in [4.69, 9.17) is 0 Å². The Balaban J connectivity index is 1.69. The number of para-hydroxylation sites is 1. The molecule has 2 heterocycles. The topological polar surface area (TPSA) is 58.5 Å². The van der Waals surface area contributed by atoms with E-state index in [0.29, 0.717) is 12.2 Å². The van der Waals surface area contributed by atoms with Crippen molar-refractivity contribution in [3.05, 3.63) is 47.7 Å². The third-order valence-corrected chi connectivity index (χ3v) is 3.82. The van der Waals surface area contributed by atoms with E-state index in [1.54, 1.807) is 6.07 Å². The lowest BCUT2D eigenvalue weighted by Gasteiger charge is -2.25. The Labute approximate surface area is 136 Å². The summed E-state index contributed by atoms with van der Waals surface area (Å²) in [6.45, 7) is -0.975. The summed E-state index contributed by atoms with van der Waals surface area (Å²) in [6, 6.07) is 10.7. The average Bonchev–Trinajstić information content (AvgIpc) is 2.91. The summed E-state index contributed by atoms with van der Waals surface area (Å²) in [4.78, 5) is 2.02. The molecule has 0 bridgehead atoms. The van der Waals surface area contributed by atoms with E-state index in [2.05, 4.69) is 14.9 Å². The lowest BCUT2D eigenvalue weighted by molar-refractivity contribution is -0.154. The summed E-state index contributed by atoms with van der Waals surface area (Å²) in [5.74, 6) is -0.170. The molecule has 24 heavy (non-hydrogen) atoms. The molecule has 128 valence electrons. The fourth-order valence-corrected chi connectivity index (χ4v) is 2.74. The largest absolute Gasteiger partial charge is 0.467 e. The molecule has 2 aromatic rings. The third-order valence-electron chi connectivity index (χ3n) is 3.82. The normalized spacial score (nSPS) is 17.0. The molecule has 1 N–H and O–H groups in total. The quantitative estimate of drug-likeness (QED) is 0.906. The molecule has 1 aliphatic heterocycles. The lowest BCUT2D eigenvalue weighted by Crippen LogP contribution is -2.34. The SMILES string of the molecule is OCC1Cc2ccccc2N1Cc1ccc(OCC(F)(F)F)nn1. The number of alkyl halides is 3. The molecule has 0 aliphatic carbocycles. The Morgan fingerprint density at radius 3 is 2.62 bits per heavy atom. The molecule has 3 rings (SSSR count). The van der Waals surface area contributed by atoms with Crippen LogP contribution < -0.4 is 9.64 Å². The van der Waals surface area contributed by atoms with Gasteiger partial charge in [0.25, 0.3) is 0 Å². The van der Waals surface area contributed by atoms with E-state index in [1.807, 2.05) is 29.2 Å². The second kappa shape index (κ2) is 6.64. The highest BCUT2D eigenvalue weighted by atomic mass is 19.4. The van der Waals surface area contributed by atoms with E-state index in [1.165, 1.54) is 6.07 Å². The maximum Gasteiger partial charge on any atom is 0.422 e. The third kappa shape index (κ3) is 3.76. The van der Waals surface area contributed by atoms with Gasteiger partial charge in [-0.1, -0.05) is 18.2 Å². The van der Waals surface area contributed by atoms with Crippen molar-refractivity contribution in [1.82, 2.24) is 10.2 Å². The average molecular weight is 339 g/mol. The number of aliphatic hydroxyl groups is 1. The Morgan fingerprint density at radius 1 is 1.17 bits per heavy atom. The number of rotatable bonds is 5. The first kappa shape index (κ1) is 16.5. The monoisotopic (exact) mass is 339 g/mol. The van der Waals surface area contributed by atoms with E-state index in [0.717, 1.165) is 17.7 Å². The molecular formula is C16H16F3N3O2. The minimum atomic E-state index is -4.41. The van der Waals surface area contributed by atoms with Gasteiger partial charge in [-0.25, -0.2) is 0 Å². The van der Waals surface area contributed by atoms with Crippen LogP contribution in [0.5, 0.6) is 5.88 Å². The number of aliphatic hydroxyl groups excluding tert-OH is 1. The number of aromatic nitrogens is 2. The predicted molar refractivity (Wildman–Crippen MR) is 80.8 cm³/mol. The Kier molecular flexibility index (Phi) is 4.57. The van der Waals surface area contributed by atoms with Crippen LogP contribution in [0.1, 0.15) is 11.3 Å². The molecule has 0 amide bonds. The van der Waals surface area contributed by atoms with Crippen molar-refractivity contribution in [2.45, 2.75) is 25.2 Å². The fraction of sp³-hybridized carbons (Fsp3) is 0.375. The van der Waals surface area contributed by atoms with Gasteiger partial charge in [0.2, 0.25) is 5.88 Å².